The Morgan fingerprint density at radius 1 is 1.15 bits per heavy atom. The van der Waals surface area contributed by atoms with Gasteiger partial charge in [-0.1, -0.05) is 0 Å². The first-order chi connectivity index (χ1) is 12.8. The number of H-pyrrole nitrogens is 1. The predicted molar refractivity (Wildman–Crippen MR) is 99.8 cm³/mol. The molecule has 7 heteroatoms. The van der Waals surface area contributed by atoms with Gasteiger partial charge >= 0.3 is 0 Å². The number of aromatic nitrogens is 4. The van der Waals surface area contributed by atoms with E-state index in [2.05, 4.69) is 37.5 Å². The number of piperidine rings is 1. The van der Waals surface area contributed by atoms with Crippen LogP contribution in [0.1, 0.15) is 30.7 Å². The molecule has 0 saturated carbocycles. The number of fused-ring (bicyclic) bond motifs is 1. The van der Waals surface area contributed by atoms with Gasteiger partial charge in [-0.05, 0) is 42.5 Å². The summed E-state index contributed by atoms with van der Waals surface area (Å²) >= 11 is 0. The van der Waals surface area contributed by atoms with Gasteiger partial charge in [-0.25, -0.2) is 15.0 Å². The van der Waals surface area contributed by atoms with Crippen LogP contribution in [0, 0.1) is 0 Å². The highest BCUT2D eigenvalue weighted by Gasteiger charge is 2.25. The fourth-order valence-corrected chi connectivity index (χ4v) is 3.58. The van der Waals surface area contributed by atoms with Crippen LogP contribution in [0.15, 0.2) is 43.0 Å². The second-order valence-electron chi connectivity index (χ2n) is 6.55. The fourth-order valence-electron chi connectivity index (χ4n) is 3.58. The summed E-state index contributed by atoms with van der Waals surface area (Å²) in [6.07, 6.45) is 9.68. The third-order valence-corrected chi connectivity index (χ3v) is 4.96. The van der Waals surface area contributed by atoms with Crippen LogP contribution < -0.4 is 5.32 Å². The highest BCUT2D eigenvalue weighted by molar-refractivity contribution is 5.80. The van der Waals surface area contributed by atoms with Gasteiger partial charge in [-0.2, -0.15) is 0 Å². The molecule has 1 aliphatic heterocycles. The Bertz CT molecular complexity index is 870. The molecule has 7 nitrogen and oxygen atoms in total. The molecule has 0 aromatic carbocycles. The zero-order chi connectivity index (χ0) is 17.8. The average molecular weight is 350 g/mol. The minimum absolute atomic E-state index is 0.187. The molecule has 0 atom stereocenters. The number of rotatable bonds is 5. The number of nitrogens with zero attached hydrogens (tertiary/aromatic N) is 4. The molecule has 26 heavy (non-hydrogen) atoms. The van der Waals surface area contributed by atoms with Crippen LogP contribution in [-0.4, -0.2) is 50.4 Å². The van der Waals surface area contributed by atoms with E-state index in [1.807, 2.05) is 11.0 Å². The van der Waals surface area contributed by atoms with Crippen molar-refractivity contribution < 1.29 is 4.79 Å². The van der Waals surface area contributed by atoms with E-state index in [0.717, 1.165) is 31.6 Å². The van der Waals surface area contributed by atoms with Crippen LogP contribution in [0.5, 0.6) is 0 Å². The van der Waals surface area contributed by atoms with Gasteiger partial charge in [0.05, 0.1) is 0 Å². The molecular formula is C19H22N6O. The van der Waals surface area contributed by atoms with Gasteiger partial charge in [0, 0.05) is 56.2 Å². The molecule has 4 rings (SSSR count). The number of likely N-dealkylation sites (tertiary alicyclic amines) is 1. The Balaban J connectivity index is 1.28. The van der Waals surface area contributed by atoms with Crippen molar-refractivity contribution in [2.75, 3.05) is 25.0 Å². The molecule has 134 valence electrons. The summed E-state index contributed by atoms with van der Waals surface area (Å²) in [6, 6.07) is 5.86. The van der Waals surface area contributed by atoms with Crippen molar-refractivity contribution in [2.45, 2.75) is 25.2 Å². The van der Waals surface area contributed by atoms with Gasteiger partial charge in [0.25, 0.3) is 0 Å². The minimum atomic E-state index is 0.187. The summed E-state index contributed by atoms with van der Waals surface area (Å²) < 4.78 is 0. The third-order valence-electron chi connectivity index (χ3n) is 4.96. The lowest BCUT2D eigenvalue weighted by Crippen LogP contribution is -2.38. The molecule has 1 saturated heterocycles. The maximum absolute atomic E-state index is 12.4. The van der Waals surface area contributed by atoms with Gasteiger partial charge in [0.1, 0.15) is 5.65 Å². The Kier molecular flexibility index (Phi) is 4.77. The number of carbonyl (C=O) groups is 1. The SMILES string of the molecule is O=C(CCNc1ncccn1)N1CCC(c2c[nH]c3ncccc23)CC1. The first-order valence-corrected chi connectivity index (χ1v) is 9.02. The largest absolute Gasteiger partial charge is 0.354 e. The molecule has 3 aromatic heterocycles. The normalized spacial score (nSPS) is 15.3. The zero-order valence-corrected chi connectivity index (χ0v) is 14.6. The lowest BCUT2D eigenvalue weighted by Gasteiger charge is -2.32. The van der Waals surface area contributed by atoms with Gasteiger partial charge in [-0.15, -0.1) is 0 Å². The summed E-state index contributed by atoms with van der Waals surface area (Å²) in [5.41, 5.74) is 2.26. The van der Waals surface area contributed by atoms with E-state index in [1.165, 1.54) is 10.9 Å². The van der Waals surface area contributed by atoms with Crippen LogP contribution in [0.4, 0.5) is 5.95 Å². The molecule has 3 aromatic rings. The molecular weight excluding hydrogens is 328 g/mol. The van der Waals surface area contributed by atoms with Crippen molar-refractivity contribution in [3.05, 3.63) is 48.5 Å². The van der Waals surface area contributed by atoms with E-state index in [0.29, 0.717) is 24.8 Å². The number of pyridine rings is 1. The number of anilines is 1. The molecule has 0 radical (unpaired) electrons. The maximum atomic E-state index is 12.4. The number of aromatic amines is 1. The molecule has 0 unspecified atom stereocenters. The summed E-state index contributed by atoms with van der Waals surface area (Å²) in [5.74, 6) is 1.23. The topological polar surface area (TPSA) is 86.8 Å². The van der Waals surface area contributed by atoms with Gasteiger partial charge in [-0.3, -0.25) is 4.79 Å². The minimum Gasteiger partial charge on any atom is -0.354 e. The Hall–Kier alpha value is -2.96. The van der Waals surface area contributed by atoms with Crippen molar-refractivity contribution in [3.8, 4) is 0 Å². The lowest BCUT2D eigenvalue weighted by molar-refractivity contribution is -0.131. The number of nitrogens with one attached hydrogen (secondary N) is 2. The van der Waals surface area contributed by atoms with Crippen molar-refractivity contribution in [2.24, 2.45) is 0 Å². The van der Waals surface area contributed by atoms with E-state index in [9.17, 15) is 4.79 Å². The van der Waals surface area contributed by atoms with Gasteiger partial charge in [0.2, 0.25) is 11.9 Å². The van der Waals surface area contributed by atoms with Crippen LogP contribution in [0.3, 0.4) is 0 Å². The molecule has 1 amide bonds. The average Bonchev–Trinajstić information content (AvgIpc) is 3.13. The van der Waals surface area contributed by atoms with Crippen molar-refractivity contribution in [1.82, 2.24) is 24.8 Å². The van der Waals surface area contributed by atoms with Crippen LogP contribution in [0.25, 0.3) is 11.0 Å². The van der Waals surface area contributed by atoms with Crippen molar-refractivity contribution in [3.63, 3.8) is 0 Å². The lowest BCUT2D eigenvalue weighted by atomic mass is 9.89. The number of hydrogen-bond donors (Lipinski definition) is 2. The molecule has 2 N–H and O–H groups in total. The van der Waals surface area contributed by atoms with Gasteiger partial charge in [0.15, 0.2) is 0 Å². The highest BCUT2D eigenvalue weighted by Crippen LogP contribution is 2.32. The summed E-state index contributed by atoms with van der Waals surface area (Å²) in [5, 5.41) is 4.28. The zero-order valence-electron chi connectivity index (χ0n) is 14.6. The number of hydrogen-bond acceptors (Lipinski definition) is 5. The Morgan fingerprint density at radius 3 is 2.73 bits per heavy atom. The first kappa shape index (κ1) is 16.5. The van der Waals surface area contributed by atoms with Crippen LogP contribution in [-0.2, 0) is 4.79 Å². The van der Waals surface area contributed by atoms with Crippen molar-refractivity contribution in [1.29, 1.82) is 0 Å². The fraction of sp³-hybridized carbons (Fsp3) is 0.368. The molecule has 4 heterocycles. The number of amides is 1. The molecule has 0 spiro atoms. The summed E-state index contributed by atoms with van der Waals surface area (Å²) in [7, 11) is 0. The summed E-state index contributed by atoms with van der Waals surface area (Å²) in [6.45, 7) is 2.16. The predicted octanol–water partition coefficient (Wildman–Crippen LogP) is 2.56. The second-order valence-corrected chi connectivity index (χ2v) is 6.55. The third kappa shape index (κ3) is 3.51. The smallest absolute Gasteiger partial charge is 0.224 e. The second kappa shape index (κ2) is 7.51. The standard InChI is InChI=1S/C19H22N6O/c26-17(4-10-23-19-21-8-2-9-22-19)25-11-5-14(6-12-25)16-13-24-18-15(16)3-1-7-20-18/h1-3,7-9,13-14H,4-6,10-12H2,(H,20,24)(H,21,22,23). The molecule has 1 aliphatic rings. The van der Waals surface area contributed by atoms with E-state index in [1.54, 1.807) is 24.7 Å². The maximum Gasteiger partial charge on any atom is 0.224 e. The Labute approximate surface area is 151 Å². The molecule has 1 fully saturated rings. The number of carbonyl (C=O) groups excluding carboxylic acids is 1. The Morgan fingerprint density at radius 2 is 1.92 bits per heavy atom. The highest BCUT2D eigenvalue weighted by atomic mass is 16.2. The van der Waals surface area contributed by atoms with Crippen LogP contribution in [0.2, 0.25) is 0 Å². The summed E-state index contributed by atoms with van der Waals surface area (Å²) in [4.78, 5) is 30.2. The van der Waals surface area contributed by atoms with Crippen molar-refractivity contribution >= 4 is 22.9 Å². The quantitative estimate of drug-likeness (QED) is 0.738. The van der Waals surface area contributed by atoms with Gasteiger partial charge < -0.3 is 15.2 Å². The molecule has 0 bridgehead atoms. The van der Waals surface area contributed by atoms with E-state index < -0.39 is 0 Å². The van der Waals surface area contributed by atoms with E-state index in [4.69, 9.17) is 0 Å². The van der Waals surface area contributed by atoms with E-state index in [-0.39, 0.29) is 5.91 Å². The monoisotopic (exact) mass is 350 g/mol. The van der Waals surface area contributed by atoms with E-state index >= 15 is 0 Å². The van der Waals surface area contributed by atoms with Crippen LogP contribution >= 0.6 is 0 Å². The molecule has 0 aliphatic carbocycles. The first-order valence-electron chi connectivity index (χ1n) is 9.02.